The number of hydrogen-bond donors (Lipinski definition) is 1. The highest BCUT2D eigenvalue weighted by atomic mass is 16.5. The number of ether oxygens (including phenoxy) is 1. The second-order valence-electron chi connectivity index (χ2n) is 8.77. The molecule has 0 bridgehead atoms. The largest absolute Gasteiger partial charge is 0.487 e. The van der Waals surface area contributed by atoms with Gasteiger partial charge in [-0.2, -0.15) is 0 Å². The van der Waals surface area contributed by atoms with Gasteiger partial charge < -0.3 is 10.5 Å². The molecule has 4 nitrogen and oxygen atoms in total. The van der Waals surface area contributed by atoms with Gasteiger partial charge in [-0.15, -0.1) is 0 Å². The van der Waals surface area contributed by atoms with Crippen molar-refractivity contribution in [3.63, 3.8) is 0 Å². The van der Waals surface area contributed by atoms with Gasteiger partial charge in [-0.25, -0.2) is 4.98 Å². The maximum atomic E-state index is 6.32. The Morgan fingerprint density at radius 1 is 1.07 bits per heavy atom. The lowest BCUT2D eigenvalue weighted by molar-refractivity contribution is 0.200. The van der Waals surface area contributed by atoms with E-state index in [4.69, 9.17) is 10.5 Å². The second-order valence-corrected chi connectivity index (χ2v) is 8.77. The van der Waals surface area contributed by atoms with Crippen LogP contribution in [0.1, 0.15) is 38.3 Å². The number of likely N-dealkylation sites (tertiary alicyclic amines) is 1. The van der Waals surface area contributed by atoms with E-state index in [1.165, 1.54) is 11.1 Å². The lowest BCUT2D eigenvalue weighted by Gasteiger charge is -2.20. The van der Waals surface area contributed by atoms with E-state index in [0.717, 1.165) is 42.7 Å². The van der Waals surface area contributed by atoms with Gasteiger partial charge in [0.2, 0.25) is 0 Å². The molecule has 1 atom stereocenters. The van der Waals surface area contributed by atoms with E-state index in [1.54, 1.807) is 0 Å². The maximum Gasteiger partial charge on any atom is 0.146 e. The predicted molar refractivity (Wildman–Crippen MR) is 116 cm³/mol. The van der Waals surface area contributed by atoms with Crippen molar-refractivity contribution in [3.05, 3.63) is 65.7 Å². The molecule has 2 aromatic carbocycles. The van der Waals surface area contributed by atoms with Gasteiger partial charge in [-0.1, -0.05) is 57.2 Å². The van der Waals surface area contributed by atoms with Crippen molar-refractivity contribution in [1.29, 1.82) is 0 Å². The van der Waals surface area contributed by atoms with Crippen molar-refractivity contribution in [2.24, 2.45) is 0 Å². The number of fused-ring (bicyclic) bond motifs is 1. The molecule has 4 rings (SSSR count). The van der Waals surface area contributed by atoms with Crippen LogP contribution in [0.3, 0.4) is 0 Å². The van der Waals surface area contributed by atoms with E-state index >= 15 is 0 Å². The van der Waals surface area contributed by atoms with E-state index in [9.17, 15) is 0 Å². The van der Waals surface area contributed by atoms with Gasteiger partial charge >= 0.3 is 0 Å². The highest BCUT2D eigenvalue weighted by Gasteiger charge is 2.25. The van der Waals surface area contributed by atoms with Crippen molar-refractivity contribution in [1.82, 2.24) is 9.88 Å². The molecule has 1 aromatic heterocycles. The van der Waals surface area contributed by atoms with Gasteiger partial charge in [0.15, 0.2) is 0 Å². The molecule has 28 heavy (non-hydrogen) atoms. The summed E-state index contributed by atoms with van der Waals surface area (Å²) < 4.78 is 6.32. The van der Waals surface area contributed by atoms with Gasteiger partial charge in [-0.3, -0.25) is 4.90 Å². The molecule has 1 aliphatic rings. The van der Waals surface area contributed by atoms with Gasteiger partial charge in [0.25, 0.3) is 0 Å². The quantitative estimate of drug-likeness (QED) is 0.714. The number of hydrogen-bond acceptors (Lipinski definition) is 4. The Morgan fingerprint density at radius 2 is 1.86 bits per heavy atom. The molecule has 0 unspecified atom stereocenters. The van der Waals surface area contributed by atoms with Crippen LogP contribution >= 0.6 is 0 Å². The minimum atomic E-state index is 0.183. The van der Waals surface area contributed by atoms with E-state index in [-0.39, 0.29) is 11.5 Å². The van der Waals surface area contributed by atoms with Crippen molar-refractivity contribution in [3.8, 4) is 5.75 Å². The number of para-hydroxylation sites is 1. The molecule has 0 spiro atoms. The Morgan fingerprint density at radius 3 is 2.61 bits per heavy atom. The predicted octanol–water partition coefficient (Wildman–Crippen LogP) is 4.77. The van der Waals surface area contributed by atoms with Crippen LogP contribution < -0.4 is 10.5 Å². The fraction of sp³-hybridized carbons (Fsp3) is 0.375. The minimum absolute atomic E-state index is 0.183. The highest BCUT2D eigenvalue weighted by molar-refractivity contribution is 5.85. The first-order chi connectivity index (χ1) is 13.4. The fourth-order valence-electron chi connectivity index (χ4n) is 3.81. The first kappa shape index (κ1) is 18.8. The van der Waals surface area contributed by atoms with Crippen LogP contribution in [0, 0.1) is 0 Å². The number of nitrogens with zero attached hydrogens (tertiary/aromatic N) is 2. The Hall–Kier alpha value is -2.59. The molecular formula is C24H29N3O. The summed E-state index contributed by atoms with van der Waals surface area (Å²) in [5, 5.41) is 1.06. The van der Waals surface area contributed by atoms with Crippen LogP contribution in [0.5, 0.6) is 5.75 Å². The summed E-state index contributed by atoms with van der Waals surface area (Å²) in [5.41, 5.74) is 9.64. The molecule has 0 saturated carbocycles. The molecule has 146 valence electrons. The molecule has 4 heteroatoms. The van der Waals surface area contributed by atoms with E-state index in [1.807, 2.05) is 30.3 Å². The Kier molecular flexibility index (Phi) is 4.98. The van der Waals surface area contributed by atoms with Gasteiger partial charge in [0.1, 0.15) is 23.2 Å². The molecule has 2 N–H and O–H groups in total. The molecular weight excluding hydrogens is 346 g/mol. The molecule has 0 aliphatic carbocycles. The van der Waals surface area contributed by atoms with Crippen LogP contribution in [0.25, 0.3) is 10.9 Å². The van der Waals surface area contributed by atoms with Crippen LogP contribution in [0.2, 0.25) is 0 Å². The number of anilines is 1. The molecule has 1 saturated heterocycles. The van der Waals surface area contributed by atoms with Crippen LogP contribution in [-0.2, 0) is 12.0 Å². The molecule has 1 fully saturated rings. The van der Waals surface area contributed by atoms with Crippen molar-refractivity contribution in [2.75, 3.05) is 18.8 Å². The van der Waals surface area contributed by atoms with E-state index in [2.05, 4.69) is 54.9 Å². The Balaban J connectivity index is 1.40. The number of pyridine rings is 1. The average molecular weight is 376 g/mol. The molecule has 1 aliphatic heterocycles. The summed E-state index contributed by atoms with van der Waals surface area (Å²) >= 11 is 0. The molecule has 2 heterocycles. The highest BCUT2D eigenvalue weighted by Crippen LogP contribution is 2.28. The maximum absolute atomic E-state index is 6.32. The van der Waals surface area contributed by atoms with Crippen LogP contribution in [0.4, 0.5) is 5.82 Å². The summed E-state index contributed by atoms with van der Waals surface area (Å²) in [6.07, 6.45) is 1.21. The number of benzene rings is 2. The zero-order chi connectivity index (χ0) is 19.7. The molecule has 3 aromatic rings. The third-order valence-electron chi connectivity index (χ3n) is 5.45. The van der Waals surface area contributed by atoms with Gasteiger partial charge in [-0.05, 0) is 41.2 Å². The SMILES string of the molecule is CC(C)(C)c1ccc(CN2CC[C@H](Oc3cccc4ccc(N)nc34)C2)cc1. The van der Waals surface area contributed by atoms with Crippen LogP contribution in [-0.4, -0.2) is 29.1 Å². The number of aromatic nitrogens is 1. The summed E-state index contributed by atoms with van der Waals surface area (Å²) in [7, 11) is 0. The Bertz CT molecular complexity index is 960. The molecule has 0 amide bonds. The first-order valence-electron chi connectivity index (χ1n) is 10.0. The number of nitrogen functional groups attached to an aromatic ring is 1. The van der Waals surface area contributed by atoms with Gasteiger partial charge in [0.05, 0.1) is 0 Å². The topological polar surface area (TPSA) is 51.4 Å². The molecule has 0 radical (unpaired) electrons. The summed E-state index contributed by atoms with van der Waals surface area (Å²) in [5.74, 6) is 1.35. The number of rotatable bonds is 4. The smallest absolute Gasteiger partial charge is 0.146 e. The fourth-order valence-corrected chi connectivity index (χ4v) is 3.81. The summed E-state index contributed by atoms with van der Waals surface area (Å²) in [6, 6.07) is 18.9. The monoisotopic (exact) mass is 375 g/mol. The van der Waals surface area contributed by atoms with Crippen LogP contribution in [0.15, 0.2) is 54.6 Å². The Labute approximate surface area is 167 Å². The lowest BCUT2D eigenvalue weighted by Crippen LogP contribution is -2.24. The van der Waals surface area contributed by atoms with Crippen molar-refractivity contribution < 1.29 is 4.74 Å². The van der Waals surface area contributed by atoms with Crippen molar-refractivity contribution in [2.45, 2.75) is 45.3 Å². The third-order valence-corrected chi connectivity index (χ3v) is 5.45. The third kappa shape index (κ3) is 4.12. The van der Waals surface area contributed by atoms with E-state index in [0.29, 0.717) is 5.82 Å². The average Bonchev–Trinajstić information content (AvgIpc) is 3.09. The minimum Gasteiger partial charge on any atom is -0.487 e. The zero-order valence-electron chi connectivity index (χ0n) is 17.0. The zero-order valence-corrected chi connectivity index (χ0v) is 17.0. The first-order valence-corrected chi connectivity index (χ1v) is 10.0. The van der Waals surface area contributed by atoms with Gasteiger partial charge in [0, 0.05) is 25.0 Å². The lowest BCUT2D eigenvalue weighted by atomic mass is 9.87. The standard InChI is InChI=1S/C24H29N3O/c1-24(2,3)19-10-7-17(8-11-19)15-27-14-13-20(16-27)28-21-6-4-5-18-9-12-22(25)26-23(18)21/h4-12,20H,13-16H2,1-3H3,(H2,25,26)/t20-/m0/s1. The van der Waals surface area contributed by atoms with Crippen molar-refractivity contribution >= 4 is 16.7 Å². The summed E-state index contributed by atoms with van der Waals surface area (Å²) in [6.45, 7) is 9.69. The number of nitrogens with two attached hydrogens (primary N) is 1. The normalized spacial score (nSPS) is 17.9. The second kappa shape index (κ2) is 7.44. The summed E-state index contributed by atoms with van der Waals surface area (Å²) in [4.78, 5) is 6.93. The van der Waals surface area contributed by atoms with E-state index < -0.39 is 0 Å².